The molecular weight excluding hydrogens is 244 g/mol. The van der Waals surface area contributed by atoms with E-state index in [0.717, 1.165) is 25.9 Å². The predicted molar refractivity (Wildman–Crippen MR) is 69.4 cm³/mol. The van der Waals surface area contributed by atoms with Crippen LogP contribution in [-0.2, 0) is 0 Å². The number of nitrogens with two attached hydrogens (primary N) is 1. The van der Waals surface area contributed by atoms with Crippen molar-refractivity contribution in [2.75, 3.05) is 18.8 Å². The summed E-state index contributed by atoms with van der Waals surface area (Å²) in [5.74, 6) is 0.548. The largest absolute Gasteiger partial charge is 0.382 e. The van der Waals surface area contributed by atoms with Crippen LogP contribution in [0.2, 0.25) is 0 Å². The molecule has 7 heteroatoms. The summed E-state index contributed by atoms with van der Waals surface area (Å²) >= 11 is 0. The zero-order chi connectivity index (χ0) is 13.2. The molecule has 0 aromatic carbocycles. The average Bonchev–Trinajstić information content (AvgIpc) is 3.09. The Hall–Kier alpha value is -2.31. The number of anilines is 1. The number of hydrogen-bond acceptors (Lipinski definition) is 4. The smallest absolute Gasteiger partial charge is 0.271 e. The molecule has 1 fully saturated rings. The van der Waals surface area contributed by atoms with Crippen LogP contribution in [-0.4, -0.2) is 43.9 Å². The van der Waals surface area contributed by atoms with E-state index >= 15 is 0 Å². The molecule has 1 amide bonds. The van der Waals surface area contributed by atoms with E-state index in [0.29, 0.717) is 17.6 Å². The first kappa shape index (κ1) is 11.8. The van der Waals surface area contributed by atoms with E-state index in [1.54, 1.807) is 18.3 Å². The molecule has 0 unspecified atom stereocenters. The standard InChI is InChI=1S/C12H16N6O/c13-11-4-8-18(16-11)9-2-6-17(7-3-9)12(19)10-1-5-14-15-10/h1,4-5,8-9H,2-3,6-7H2,(H2,13,16)(H,14,15). The highest BCUT2D eigenvalue weighted by atomic mass is 16.2. The van der Waals surface area contributed by atoms with Crippen molar-refractivity contribution in [2.24, 2.45) is 0 Å². The molecule has 7 nitrogen and oxygen atoms in total. The number of piperidine rings is 1. The van der Waals surface area contributed by atoms with Crippen LogP contribution in [0, 0.1) is 0 Å². The second kappa shape index (κ2) is 4.75. The number of nitrogens with one attached hydrogen (secondary N) is 1. The number of carbonyl (C=O) groups excluding carboxylic acids is 1. The van der Waals surface area contributed by atoms with Crippen LogP contribution in [0.15, 0.2) is 24.5 Å². The van der Waals surface area contributed by atoms with Gasteiger partial charge in [0.15, 0.2) is 0 Å². The van der Waals surface area contributed by atoms with Crippen LogP contribution in [0.25, 0.3) is 0 Å². The minimum absolute atomic E-state index is 0.0101. The van der Waals surface area contributed by atoms with Gasteiger partial charge in [0.2, 0.25) is 0 Å². The number of aromatic nitrogens is 4. The summed E-state index contributed by atoms with van der Waals surface area (Å²) in [6.07, 6.45) is 5.26. The minimum atomic E-state index is 0.0101. The van der Waals surface area contributed by atoms with Gasteiger partial charge in [0.1, 0.15) is 11.5 Å². The SMILES string of the molecule is Nc1ccn(C2CCN(C(=O)c3ccn[nH]3)CC2)n1. The fourth-order valence-electron chi connectivity index (χ4n) is 2.43. The maximum Gasteiger partial charge on any atom is 0.271 e. The Morgan fingerprint density at radius 2 is 2.16 bits per heavy atom. The van der Waals surface area contributed by atoms with Crippen LogP contribution < -0.4 is 5.73 Å². The molecule has 3 heterocycles. The predicted octanol–water partition coefficient (Wildman–Crippen LogP) is 0.666. The Bertz CT molecular complexity index is 553. The number of hydrogen-bond donors (Lipinski definition) is 2. The van der Waals surface area contributed by atoms with E-state index in [2.05, 4.69) is 15.3 Å². The van der Waals surface area contributed by atoms with Gasteiger partial charge in [0.05, 0.1) is 6.04 Å². The molecule has 0 aliphatic carbocycles. The third-order valence-corrected chi connectivity index (χ3v) is 3.49. The van der Waals surface area contributed by atoms with E-state index in [-0.39, 0.29) is 5.91 Å². The van der Waals surface area contributed by atoms with E-state index < -0.39 is 0 Å². The van der Waals surface area contributed by atoms with Gasteiger partial charge in [0.25, 0.3) is 5.91 Å². The summed E-state index contributed by atoms with van der Waals surface area (Å²) in [6, 6.07) is 3.81. The van der Waals surface area contributed by atoms with Gasteiger partial charge in [-0.05, 0) is 25.0 Å². The van der Waals surface area contributed by atoms with Gasteiger partial charge in [-0.2, -0.15) is 10.2 Å². The molecule has 19 heavy (non-hydrogen) atoms. The van der Waals surface area contributed by atoms with Gasteiger partial charge >= 0.3 is 0 Å². The number of amides is 1. The first-order valence-electron chi connectivity index (χ1n) is 6.33. The molecule has 0 saturated carbocycles. The molecule has 0 atom stereocenters. The molecule has 3 N–H and O–H groups in total. The Balaban J connectivity index is 1.62. The van der Waals surface area contributed by atoms with E-state index in [4.69, 9.17) is 5.73 Å². The number of H-pyrrole nitrogens is 1. The molecule has 0 bridgehead atoms. The van der Waals surface area contributed by atoms with Crippen LogP contribution in [0.3, 0.4) is 0 Å². The minimum Gasteiger partial charge on any atom is -0.382 e. The quantitative estimate of drug-likeness (QED) is 0.829. The maximum absolute atomic E-state index is 12.1. The highest BCUT2D eigenvalue weighted by Gasteiger charge is 2.25. The van der Waals surface area contributed by atoms with Crippen LogP contribution >= 0.6 is 0 Å². The van der Waals surface area contributed by atoms with Crippen molar-refractivity contribution in [1.82, 2.24) is 24.9 Å². The van der Waals surface area contributed by atoms with E-state index in [1.165, 1.54) is 0 Å². The molecule has 2 aromatic rings. The Morgan fingerprint density at radius 1 is 1.37 bits per heavy atom. The molecule has 3 rings (SSSR count). The van der Waals surface area contributed by atoms with Gasteiger partial charge in [0, 0.05) is 25.5 Å². The summed E-state index contributed by atoms with van der Waals surface area (Å²) in [6.45, 7) is 1.45. The normalized spacial score (nSPS) is 16.7. The highest BCUT2D eigenvalue weighted by Crippen LogP contribution is 2.23. The summed E-state index contributed by atoms with van der Waals surface area (Å²) in [5, 5.41) is 10.7. The van der Waals surface area contributed by atoms with Crippen molar-refractivity contribution in [3.63, 3.8) is 0 Å². The lowest BCUT2D eigenvalue weighted by Gasteiger charge is -2.31. The first-order valence-corrected chi connectivity index (χ1v) is 6.33. The molecule has 1 saturated heterocycles. The Kier molecular flexibility index (Phi) is 2.94. The third-order valence-electron chi connectivity index (χ3n) is 3.49. The summed E-state index contributed by atoms with van der Waals surface area (Å²) in [7, 11) is 0. The third kappa shape index (κ3) is 2.31. The number of nitrogens with zero attached hydrogens (tertiary/aromatic N) is 4. The number of aromatic amines is 1. The van der Waals surface area contributed by atoms with Crippen molar-refractivity contribution in [2.45, 2.75) is 18.9 Å². The first-order chi connectivity index (χ1) is 9.24. The second-order valence-electron chi connectivity index (χ2n) is 4.71. The number of likely N-dealkylation sites (tertiary alicyclic amines) is 1. The topological polar surface area (TPSA) is 92.8 Å². The second-order valence-corrected chi connectivity index (χ2v) is 4.71. The number of nitrogen functional groups attached to an aromatic ring is 1. The summed E-state index contributed by atoms with van der Waals surface area (Å²) < 4.78 is 1.90. The van der Waals surface area contributed by atoms with Gasteiger partial charge in [-0.15, -0.1) is 0 Å². The molecular formula is C12H16N6O. The monoisotopic (exact) mass is 260 g/mol. The Labute approximate surface area is 110 Å². The highest BCUT2D eigenvalue weighted by molar-refractivity contribution is 5.92. The molecule has 1 aliphatic rings. The molecule has 1 aliphatic heterocycles. The zero-order valence-electron chi connectivity index (χ0n) is 10.5. The van der Waals surface area contributed by atoms with Crippen LogP contribution in [0.1, 0.15) is 29.4 Å². The molecule has 0 radical (unpaired) electrons. The van der Waals surface area contributed by atoms with Crippen LogP contribution in [0.5, 0.6) is 0 Å². The van der Waals surface area contributed by atoms with Crippen molar-refractivity contribution in [3.8, 4) is 0 Å². The van der Waals surface area contributed by atoms with E-state index in [1.807, 2.05) is 15.8 Å². The van der Waals surface area contributed by atoms with Crippen LogP contribution in [0.4, 0.5) is 5.82 Å². The van der Waals surface area contributed by atoms with Crippen molar-refractivity contribution < 1.29 is 4.79 Å². The lowest BCUT2D eigenvalue weighted by Crippen LogP contribution is -2.39. The van der Waals surface area contributed by atoms with Crippen molar-refractivity contribution in [3.05, 3.63) is 30.2 Å². The van der Waals surface area contributed by atoms with Gasteiger partial charge < -0.3 is 10.6 Å². The van der Waals surface area contributed by atoms with Crippen molar-refractivity contribution >= 4 is 11.7 Å². The summed E-state index contributed by atoms with van der Waals surface area (Å²) in [4.78, 5) is 14.0. The fraction of sp³-hybridized carbons (Fsp3) is 0.417. The van der Waals surface area contributed by atoms with Gasteiger partial charge in [-0.1, -0.05) is 0 Å². The Morgan fingerprint density at radius 3 is 2.74 bits per heavy atom. The van der Waals surface area contributed by atoms with E-state index in [9.17, 15) is 4.79 Å². The molecule has 100 valence electrons. The fourth-order valence-corrected chi connectivity index (χ4v) is 2.43. The lowest BCUT2D eigenvalue weighted by atomic mass is 10.1. The maximum atomic E-state index is 12.1. The number of carbonyl (C=O) groups is 1. The molecule has 0 spiro atoms. The lowest BCUT2D eigenvalue weighted by molar-refractivity contribution is 0.0684. The summed E-state index contributed by atoms with van der Waals surface area (Å²) in [5.41, 5.74) is 6.16. The molecule has 2 aromatic heterocycles. The van der Waals surface area contributed by atoms with Gasteiger partial charge in [-0.25, -0.2) is 0 Å². The zero-order valence-corrected chi connectivity index (χ0v) is 10.5. The van der Waals surface area contributed by atoms with Crippen molar-refractivity contribution in [1.29, 1.82) is 0 Å². The number of rotatable bonds is 2. The average molecular weight is 260 g/mol. The van der Waals surface area contributed by atoms with Gasteiger partial charge in [-0.3, -0.25) is 14.6 Å².